The molecule has 0 aliphatic rings. The zero-order valence-corrected chi connectivity index (χ0v) is 10.6. The van der Waals surface area contributed by atoms with Crippen LogP contribution in [-0.4, -0.2) is 18.9 Å². The molecule has 1 heterocycles. The van der Waals surface area contributed by atoms with E-state index in [-0.39, 0.29) is 11.5 Å². The van der Waals surface area contributed by atoms with Crippen LogP contribution >= 0.6 is 0 Å². The molecule has 0 saturated heterocycles. The maximum Gasteiger partial charge on any atom is 0.373 e. The van der Waals surface area contributed by atoms with Gasteiger partial charge in [-0.2, -0.15) is 0 Å². The van der Waals surface area contributed by atoms with Crippen LogP contribution in [0.2, 0.25) is 0 Å². The Morgan fingerprint density at radius 2 is 1.85 bits per heavy atom. The highest BCUT2D eigenvalue weighted by atomic mass is 19.1. The van der Waals surface area contributed by atoms with Gasteiger partial charge in [-0.25, -0.2) is 9.18 Å². The predicted octanol–water partition coefficient (Wildman–Crippen LogP) is 3.10. The van der Waals surface area contributed by atoms with Gasteiger partial charge in [-0.3, -0.25) is 4.79 Å². The molecule has 1 aromatic heterocycles. The Balaban J connectivity index is 2.09. The third-order valence-corrected chi connectivity index (χ3v) is 2.54. The number of hydrogen-bond acceptors (Lipinski definition) is 4. The lowest BCUT2D eigenvalue weighted by atomic mass is 10.1. The quantitative estimate of drug-likeness (QED) is 0.488. The summed E-state index contributed by atoms with van der Waals surface area (Å²) in [5.74, 6) is -0.878. The first-order valence-electron chi connectivity index (χ1n) is 5.76. The average Bonchev–Trinajstić information content (AvgIpc) is 2.93. The van der Waals surface area contributed by atoms with Gasteiger partial charge >= 0.3 is 5.97 Å². The maximum atomic E-state index is 12.7. The van der Waals surface area contributed by atoms with Crippen molar-refractivity contribution in [2.75, 3.05) is 7.11 Å². The average molecular weight is 274 g/mol. The third kappa shape index (κ3) is 3.20. The number of carbonyl (C=O) groups is 2. The zero-order chi connectivity index (χ0) is 14.5. The molecule has 0 N–H and O–H groups in total. The molecular formula is C15H11FO4. The first kappa shape index (κ1) is 13.7. The molecule has 20 heavy (non-hydrogen) atoms. The molecule has 0 bridgehead atoms. The normalized spacial score (nSPS) is 10.7. The van der Waals surface area contributed by atoms with Gasteiger partial charge in [0.1, 0.15) is 11.6 Å². The fourth-order valence-electron chi connectivity index (χ4n) is 1.52. The molecule has 0 saturated carbocycles. The second kappa shape index (κ2) is 5.97. The van der Waals surface area contributed by atoms with Crippen LogP contribution in [-0.2, 0) is 4.74 Å². The Morgan fingerprint density at radius 3 is 2.50 bits per heavy atom. The van der Waals surface area contributed by atoms with Crippen molar-refractivity contribution in [1.29, 1.82) is 0 Å². The van der Waals surface area contributed by atoms with Crippen molar-refractivity contribution >= 4 is 17.8 Å². The highest BCUT2D eigenvalue weighted by Gasteiger charge is 2.10. The number of hydrogen-bond donors (Lipinski definition) is 0. The first-order valence-corrected chi connectivity index (χ1v) is 5.76. The van der Waals surface area contributed by atoms with Crippen molar-refractivity contribution < 1.29 is 23.1 Å². The van der Waals surface area contributed by atoms with Crippen LogP contribution in [0.3, 0.4) is 0 Å². The van der Waals surface area contributed by atoms with Gasteiger partial charge in [0.05, 0.1) is 7.11 Å². The minimum absolute atomic E-state index is 0.0568. The smallest absolute Gasteiger partial charge is 0.373 e. The maximum absolute atomic E-state index is 12.7. The molecule has 0 unspecified atom stereocenters. The van der Waals surface area contributed by atoms with Gasteiger partial charge in [0.15, 0.2) is 5.78 Å². The van der Waals surface area contributed by atoms with Gasteiger partial charge in [-0.05, 0) is 48.6 Å². The lowest BCUT2D eigenvalue weighted by Crippen LogP contribution is -1.98. The Morgan fingerprint density at radius 1 is 1.15 bits per heavy atom. The summed E-state index contributed by atoms with van der Waals surface area (Å²) in [6.45, 7) is 0. The lowest BCUT2D eigenvalue weighted by Gasteiger charge is -1.95. The fourth-order valence-corrected chi connectivity index (χ4v) is 1.52. The van der Waals surface area contributed by atoms with Gasteiger partial charge < -0.3 is 9.15 Å². The van der Waals surface area contributed by atoms with Crippen LogP contribution in [0.4, 0.5) is 4.39 Å². The van der Waals surface area contributed by atoms with Crippen LogP contribution in [0.5, 0.6) is 0 Å². The standard InChI is InChI=1S/C15H11FO4/c1-19-15(18)14-9-7-12(20-14)6-8-13(17)10-2-4-11(16)5-3-10/h2-9H,1H3. The van der Waals surface area contributed by atoms with Crippen molar-refractivity contribution in [2.45, 2.75) is 0 Å². The Kier molecular flexibility index (Phi) is 4.10. The van der Waals surface area contributed by atoms with Crippen LogP contribution in [0.25, 0.3) is 6.08 Å². The Labute approximate surface area is 114 Å². The van der Waals surface area contributed by atoms with E-state index in [4.69, 9.17) is 4.42 Å². The summed E-state index contributed by atoms with van der Waals surface area (Å²) < 4.78 is 22.4. The van der Waals surface area contributed by atoms with Crippen LogP contribution in [0.15, 0.2) is 46.9 Å². The van der Waals surface area contributed by atoms with Crippen molar-refractivity contribution in [3.8, 4) is 0 Å². The molecule has 2 aromatic rings. The molecule has 0 fully saturated rings. The van der Waals surface area contributed by atoms with Gasteiger partial charge in [0, 0.05) is 5.56 Å². The summed E-state index contributed by atoms with van der Waals surface area (Å²) in [4.78, 5) is 23.0. The molecule has 102 valence electrons. The van der Waals surface area contributed by atoms with E-state index in [0.717, 1.165) is 0 Å². The Bertz CT molecular complexity index is 653. The number of furan rings is 1. The van der Waals surface area contributed by atoms with Crippen molar-refractivity contribution in [3.63, 3.8) is 0 Å². The van der Waals surface area contributed by atoms with E-state index in [1.165, 1.54) is 49.6 Å². The molecule has 0 spiro atoms. The molecule has 5 heteroatoms. The summed E-state index contributed by atoms with van der Waals surface area (Å²) in [5.41, 5.74) is 0.363. The summed E-state index contributed by atoms with van der Waals surface area (Å²) in [6.07, 6.45) is 2.71. The molecular weight excluding hydrogens is 263 g/mol. The van der Waals surface area contributed by atoms with Crippen LogP contribution < -0.4 is 0 Å². The molecule has 0 aliphatic carbocycles. The highest BCUT2D eigenvalue weighted by molar-refractivity contribution is 6.06. The predicted molar refractivity (Wildman–Crippen MR) is 69.8 cm³/mol. The number of benzene rings is 1. The molecule has 0 atom stereocenters. The number of carbonyl (C=O) groups excluding carboxylic acids is 2. The van der Waals surface area contributed by atoms with Gasteiger partial charge in [-0.15, -0.1) is 0 Å². The minimum atomic E-state index is -0.588. The van der Waals surface area contributed by atoms with E-state index in [9.17, 15) is 14.0 Å². The summed E-state index contributed by atoms with van der Waals surface area (Å²) in [5, 5.41) is 0. The van der Waals surface area contributed by atoms with E-state index in [1.54, 1.807) is 6.07 Å². The Hall–Kier alpha value is -2.69. The number of halogens is 1. The number of ether oxygens (including phenoxy) is 1. The van der Waals surface area contributed by atoms with E-state index in [0.29, 0.717) is 11.3 Å². The lowest BCUT2D eigenvalue weighted by molar-refractivity contribution is 0.0564. The number of allylic oxidation sites excluding steroid dienone is 1. The monoisotopic (exact) mass is 274 g/mol. The van der Waals surface area contributed by atoms with Crippen molar-refractivity contribution in [3.05, 3.63) is 65.4 Å². The fraction of sp³-hybridized carbons (Fsp3) is 0.0667. The largest absolute Gasteiger partial charge is 0.463 e. The number of rotatable bonds is 4. The van der Waals surface area contributed by atoms with E-state index in [2.05, 4.69) is 4.74 Å². The minimum Gasteiger partial charge on any atom is -0.463 e. The molecule has 0 radical (unpaired) electrons. The van der Waals surface area contributed by atoms with Gasteiger partial charge in [-0.1, -0.05) is 0 Å². The SMILES string of the molecule is COC(=O)c1ccc(C=CC(=O)c2ccc(F)cc2)o1. The zero-order valence-electron chi connectivity index (χ0n) is 10.6. The number of ketones is 1. The van der Waals surface area contributed by atoms with E-state index < -0.39 is 11.8 Å². The first-order chi connectivity index (χ1) is 9.60. The highest BCUT2D eigenvalue weighted by Crippen LogP contribution is 2.12. The third-order valence-electron chi connectivity index (χ3n) is 2.54. The molecule has 2 rings (SSSR count). The number of esters is 1. The van der Waals surface area contributed by atoms with Crippen LogP contribution in [0.1, 0.15) is 26.7 Å². The summed E-state index contributed by atoms with van der Waals surface area (Å²) >= 11 is 0. The van der Waals surface area contributed by atoms with Crippen molar-refractivity contribution in [2.24, 2.45) is 0 Å². The summed E-state index contributed by atoms with van der Waals surface area (Å²) in [7, 11) is 1.25. The summed E-state index contributed by atoms with van der Waals surface area (Å²) in [6, 6.07) is 8.20. The second-order valence-electron chi connectivity index (χ2n) is 3.90. The van der Waals surface area contributed by atoms with E-state index in [1.807, 2.05) is 0 Å². The van der Waals surface area contributed by atoms with E-state index >= 15 is 0 Å². The molecule has 4 nitrogen and oxygen atoms in total. The molecule has 0 amide bonds. The number of methoxy groups -OCH3 is 1. The second-order valence-corrected chi connectivity index (χ2v) is 3.90. The van der Waals surface area contributed by atoms with Crippen molar-refractivity contribution in [1.82, 2.24) is 0 Å². The van der Waals surface area contributed by atoms with Crippen LogP contribution in [0, 0.1) is 5.82 Å². The molecule has 0 aliphatic heterocycles. The van der Waals surface area contributed by atoms with Gasteiger partial charge in [0.2, 0.25) is 5.76 Å². The molecule has 1 aromatic carbocycles. The van der Waals surface area contributed by atoms with Gasteiger partial charge in [0.25, 0.3) is 0 Å². The topological polar surface area (TPSA) is 56.5 Å².